The lowest BCUT2D eigenvalue weighted by Crippen LogP contribution is -2.12. The van der Waals surface area contributed by atoms with E-state index in [1.165, 1.54) is 18.4 Å². The molecule has 80 valence electrons. The fourth-order valence-electron chi connectivity index (χ4n) is 1.70. The molecular formula is C11H20O2Si. The van der Waals surface area contributed by atoms with Crippen molar-refractivity contribution in [1.82, 2.24) is 0 Å². The molecule has 0 N–H and O–H groups in total. The van der Waals surface area contributed by atoms with Crippen LogP contribution in [-0.2, 0) is 9.22 Å². The number of carbonyl (C=O) groups excluding carboxylic acids is 1. The van der Waals surface area contributed by atoms with E-state index >= 15 is 0 Å². The summed E-state index contributed by atoms with van der Waals surface area (Å²) in [5, 5.41) is 0. The zero-order valence-electron chi connectivity index (χ0n) is 9.43. The van der Waals surface area contributed by atoms with Crippen molar-refractivity contribution in [2.45, 2.75) is 52.1 Å². The van der Waals surface area contributed by atoms with Crippen LogP contribution in [0.25, 0.3) is 0 Å². The SMILES string of the molecule is CCCCC1=C(O[SiH](C)C)C(=O)CC1. The van der Waals surface area contributed by atoms with Crippen LogP contribution >= 0.6 is 0 Å². The molecule has 1 rings (SSSR count). The average Bonchev–Trinajstić information content (AvgIpc) is 2.45. The van der Waals surface area contributed by atoms with Gasteiger partial charge in [-0.3, -0.25) is 4.79 Å². The average molecular weight is 212 g/mol. The molecular weight excluding hydrogens is 192 g/mol. The molecule has 0 fully saturated rings. The summed E-state index contributed by atoms with van der Waals surface area (Å²) in [7, 11) is -1.11. The molecule has 0 saturated heterocycles. The minimum absolute atomic E-state index is 0.234. The van der Waals surface area contributed by atoms with Gasteiger partial charge in [0.15, 0.2) is 5.78 Å². The predicted octanol–water partition coefficient (Wildman–Crippen LogP) is 2.79. The third-order valence-corrected chi connectivity index (χ3v) is 3.12. The van der Waals surface area contributed by atoms with E-state index in [4.69, 9.17) is 4.43 Å². The number of rotatable bonds is 5. The minimum atomic E-state index is -1.11. The lowest BCUT2D eigenvalue weighted by Gasteiger charge is -2.11. The number of Topliss-reactive ketones (excluding diaryl/α,β-unsaturated/α-hetero) is 1. The normalized spacial score (nSPS) is 17.0. The van der Waals surface area contributed by atoms with Gasteiger partial charge in [-0.15, -0.1) is 0 Å². The zero-order valence-corrected chi connectivity index (χ0v) is 10.6. The van der Waals surface area contributed by atoms with Crippen molar-refractivity contribution in [2.24, 2.45) is 0 Å². The Hall–Kier alpha value is -0.573. The van der Waals surface area contributed by atoms with E-state index in [0.717, 1.165) is 18.6 Å². The summed E-state index contributed by atoms with van der Waals surface area (Å²) in [6.07, 6.45) is 5.03. The molecule has 0 spiro atoms. The fourth-order valence-corrected chi connectivity index (χ4v) is 2.47. The molecule has 0 saturated carbocycles. The maximum atomic E-state index is 11.5. The van der Waals surface area contributed by atoms with Gasteiger partial charge < -0.3 is 4.43 Å². The van der Waals surface area contributed by atoms with Gasteiger partial charge in [-0.1, -0.05) is 13.3 Å². The second-order valence-electron chi connectivity index (χ2n) is 4.13. The van der Waals surface area contributed by atoms with Crippen LogP contribution in [0.2, 0.25) is 13.1 Å². The van der Waals surface area contributed by atoms with Crippen LogP contribution in [0.1, 0.15) is 39.0 Å². The third kappa shape index (κ3) is 2.98. The maximum absolute atomic E-state index is 11.5. The molecule has 0 aromatic carbocycles. The number of unbranched alkanes of at least 4 members (excludes halogenated alkanes) is 1. The Morgan fingerprint density at radius 3 is 2.64 bits per heavy atom. The number of ketones is 1. The third-order valence-electron chi connectivity index (χ3n) is 2.41. The summed E-state index contributed by atoms with van der Waals surface area (Å²) in [6.45, 7) is 6.39. The molecule has 0 aliphatic heterocycles. The van der Waals surface area contributed by atoms with Gasteiger partial charge >= 0.3 is 0 Å². The van der Waals surface area contributed by atoms with E-state index in [1.54, 1.807) is 0 Å². The van der Waals surface area contributed by atoms with Crippen molar-refractivity contribution in [2.75, 3.05) is 0 Å². The number of allylic oxidation sites excluding steroid dienone is 2. The van der Waals surface area contributed by atoms with E-state index < -0.39 is 9.04 Å². The second-order valence-corrected chi connectivity index (χ2v) is 6.46. The first-order valence-electron chi connectivity index (χ1n) is 5.57. The molecule has 2 nitrogen and oxygen atoms in total. The quantitative estimate of drug-likeness (QED) is 0.655. The number of carbonyl (C=O) groups is 1. The van der Waals surface area contributed by atoms with E-state index in [9.17, 15) is 4.79 Å². The van der Waals surface area contributed by atoms with Crippen molar-refractivity contribution in [3.63, 3.8) is 0 Å². The van der Waals surface area contributed by atoms with Gasteiger partial charge in [-0.25, -0.2) is 0 Å². The van der Waals surface area contributed by atoms with E-state index in [-0.39, 0.29) is 5.78 Å². The van der Waals surface area contributed by atoms with Gasteiger partial charge in [-0.2, -0.15) is 0 Å². The molecule has 3 heteroatoms. The molecule has 0 bridgehead atoms. The highest BCUT2D eigenvalue weighted by atomic mass is 28.3. The van der Waals surface area contributed by atoms with Crippen LogP contribution in [0.15, 0.2) is 11.3 Å². The lowest BCUT2D eigenvalue weighted by atomic mass is 10.1. The monoisotopic (exact) mass is 212 g/mol. The molecule has 0 aromatic rings. The zero-order chi connectivity index (χ0) is 10.6. The topological polar surface area (TPSA) is 26.3 Å². The van der Waals surface area contributed by atoms with Crippen LogP contribution in [-0.4, -0.2) is 14.8 Å². The first kappa shape index (κ1) is 11.5. The van der Waals surface area contributed by atoms with Crippen molar-refractivity contribution in [3.8, 4) is 0 Å². The van der Waals surface area contributed by atoms with Gasteiger partial charge in [0.25, 0.3) is 0 Å². The first-order valence-corrected chi connectivity index (χ1v) is 8.35. The number of hydrogen-bond acceptors (Lipinski definition) is 2. The Morgan fingerprint density at radius 2 is 2.07 bits per heavy atom. The van der Waals surface area contributed by atoms with Crippen LogP contribution in [0.4, 0.5) is 0 Å². The van der Waals surface area contributed by atoms with Crippen molar-refractivity contribution in [1.29, 1.82) is 0 Å². The molecule has 0 aromatic heterocycles. The maximum Gasteiger partial charge on any atom is 0.229 e. The molecule has 0 radical (unpaired) electrons. The van der Waals surface area contributed by atoms with Gasteiger partial charge in [0.2, 0.25) is 9.04 Å². The van der Waals surface area contributed by atoms with Crippen LogP contribution in [0.5, 0.6) is 0 Å². The van der Waals surface area contributed by atoms with Gasteiger partial charge in [0.05, 0.1) is 0 Å². The Morgan fingerprint density at radius 1 is 1.36 bits per heavy atom. The summed E-state index contributed by atoms with van der Waals surface area (Å²) in [5.74, 6) is 0.970. The highest BCUT2D eigenvalue weighted by Gasteiger charge is 2.24. The van der Waals surface area contributed by atoms with E-state index in [0.29, 0.717) is 6.42 Å². The Kier molecular flexibility index (Phi) is 4.39. The van der Waals surface area contributed by atoms with Crippen LogP contribution in [0.3, 0.4) is 0 Å². The smallest absolute Gasteiger partial charge is 0.229 e. The van der Waals surface area contributed by atoms with E-state index in [1.807, 2.05) is 0 Å². The largest absolute Gasteiger partial charge is 0.545 e. The van der Waals surface area contributed by atoms with Crippen molar-refractivity contribution >= 4 is 14.8 Å². The van der Waals surface area contributed by atoms with Crippen molar-refractivity contribution in [3.05, 3.63) is 11.3 Å². The van der Waals surface area contributed by atoms with Gasteiger partial charge in [0, 0.05) is 6.42 Å². The summed E-state index contributed by atoms with van der Waals surface area (Å²) < 4.78 is 5.70. The Labute approximate surface area is 88.1 Å². The first-order chi connectivity index (χ1) is 6.65. The molecule has 0 atom stereocenters. The standard InChI is InChI=1S/C11H20O2Si/c1-4-5-6-9-7-8-10(12)11(9)13-14(2)3/h14H,4-8H2,1-3H3. The lowest BCUT2D eigenvalue weighted by molar-refractivity contribution is -0.116. The summed E-state index contributed by atoms with van der Waals surface area (Å²) in [6, 6.07) is 0. The Bertz CT molecular complexity index is 244. The molecule has 1 aliphatic carbocycles. The van der Waals surface area contributed by atoms with Crippen molar-refractivity contribution < 1.29 is 9.22 Å². The second kappa shape index (κ2) is 5.34. The van der Waals surface area contributed by atoms with Crippen LogP contribution < -0.4 is 0 Å². The van der Waals surface area contributed by atoms with Gasteiger partial charge in [-0.05, 0) is 37.9 Å². The Balaban J connectivity index is 2.64. The molecule has 1 aliphatic rings. The molecule has 0 amide bonds. The minimum Gasteiger partial charge on any atom is -0.545 e. The predicted molar refractivity (Wildman–Crippen MR) is 60.8 cm³/mol. The van der Waals surface area contributed by atoms with Crippen LogP contribution in [0, 0.1) is 0 Å². The summed E-state index contributed by atoms with van der Waals surface area (Å²) in [4.78, 5) is 11.5. The molecule has 0 heterocycles. The highest BCUT2D eigenvalue weighted by Crippen LogP contribution is 2.28. The van der Waals surface area contributed by atoms with Gasteiger partial charge in [0.1, 0.15) is 5.76 Å². The van der Waals surface area contributed by atoms with E-state index in [2.05, 4.69) is 20.0 Å². The number of hydrogen-bond donors (Lipinski definition) is 0. The summed E-state index contributed by atoms with van der Waals surface area (Å²) >= 11 is 0. The molecule has 0 unspecified atom stereocenters. The summed E-state index contributed by atoms with van der Waals surface area (Å²) in [5.41, 5.74) is 1.28. The molecule has 14 heavy (non-hydrogen) atoms. The fraction of sp³-hybridized carbons (Fsp3) is 0.727. The highest BCUT2D eigenvalue weighted by molar-refractivity contribution is 6.49.